The third-order valence-electron chi connectivity index (χ3n) is 1.88. The second kappa shape index (κ2) is 4.76. The van der Waals surface area contributed by atoms with Crippen molar-refractivity contribution in [2.24, 2.45) is 0 Å². The van der Waals surface area contributed by atoms with E-state index in [0.29, 0.717) is 5.82 Å². The number of halogens is 1. The van der Waals surface area contributed by atoms with E-state index in [-0.39, 0.29) is 5.28 Å². The molecule has 16 heavy (non-hydrogen) atoms. The number of anilines is 2. The zero-order chi connectivity index (χ0) is 11.4. The zero-order valence-electron chi connectivity index (χ0n) is 8.51. The minimum absolute atomic E-state index is 0.105. The van der Waals surface area contributed by atoms with Crippen molar-refractivity contribution in [2.75, 3.05) is 12.4 Å². The lowest BCUT2D eigenvalue weighted by Gasteiger charge is -2.06. The molecule has 1 aromatic heterocycles. The van der Waals surface area contributed by atoms with Crippen LogP contribution in [0.2, 0.25) is 5.28 Å². The fourth-order valence-corrected chi connectivity index (χ4v) is 1.33. The summed E-state index contributed by atoms with van der Waals surface area (Å²) in [7, 11) is 1.61. The quantitative estimate of drug-likeness (QED) is 0.886. The maximum Gasteiger partial charge on any atom is 0.244 e. The Morgan fingerprint density at radius 1 is 1.38 bits per heavy atom. The summed E-state index contributed by atoms with van der Waals surface area (Å²) in [5.41, 5.74) is 0.843. The summed E-state index contributed by atoms with van der Waals surface area (Å²) in [6, 6.07) is 7.46. The normalized spacial score (nSPS) is 9.88. The van der Waals surface area contributed by atoms with Gasteiger partial charge < -0.3 is 10.1 Å². The van der Waals surface area contributed by atoms with E-state index in [9.17, 15) is 0 Å². The topological polar surface area (TPSA) is 59.9 Å². The largest absolute Gasteiger partial charge is 0.497 e. The molecule has 0 spiro atoms. The van der Waals surface area contributed by atoms with E-state index in [0.717, 1.165) is 11.4 Å². The predicted octanol–water partition coefficient (Wildman–Crippen LogP) is 2.28. The Bertz CT molecular complexity index is 492. The number of benzene rings is 1. The standard InChI is InChI=1S/C10H9ClN4O/c1-16-8-4-2-3-7(5-8)13-9-6-12-15-10(11)14-9/h2-6H,1H3,(H,13,14,15). The maximum atomic E-state index is 5.62. The van der Waals surface area contributed by atoms with Crippen LogP contribution in [0.25, 0.3) is 0 Å². The highest BCUT2D eigenvalue weighted by atomic mass is 35.5. The molecule has 0 radical (unpaired) electrons. The van der Waals surface area contributed by atoms with Gasteiger partial charge in [0.15, 0.2) is 5.82 Å². The SMILES string of the molecule is COc1cccc(Nc2cnnc(Cl)n2)c1. The molecule has 0 fully saturated rings. The highest BCUT2D eigenvalue weighted by Gasteiger charge is 1.99. The molecule has 82 valence electrons. The van der Waals surface area contributed by atoms with Crippen LogP contribution in [0.1, 0.15) is 0 Å². The van der Waals surface area contributed by atoms with Gasteiger partial charge in [0.05, 0.1) is 13.3 Å². The van der Waals surface area contributed by atoms with Gasteiger partial charge in [-0.15, -0.1) is 5.10 Å². The molecular formula is C10H9ClN4O. The Kier molecular flexibility index (Phi) is 3.16. The van der Waals surface area contributed by atoms with Gasteiger partial charge in [-0.05, 0) is 23.7 Å². The average molecular weight is 237 g/mol. The Balaban J connectivity index is 2.20. The fraction of sp³-hybridized carbons (Fsp3) is 0.100. The van der Waals surface area contributed by atoms with Gasteiger partial charge in [0, 0.05) is 11.8 Å². The Morgan fingerprint density at radius 3 is 3.00 bits per heavy atom. The third-order valence-corrected chi connectivity index (χ3v) is 2.04. The third kappa shape index (κ3) is 2.58. The summed E-state index contributed by atoms with van der Waals surface area (Å²) in [5.74, 6) is 1.30. The first-order valence-corrected chi connectivity index (χ1v) is 4.92. The molecule has 5 nitrogen and oxygen atoms in total. The first-order chi connectivity index (χ1) is 7.78. The minimum atomic E-state index is 0.105. The van der Waals surface area contributed by atoms with Crippen LogP contribution in [-0.2, 0) is 0 Å². The molecule has 0 unspecified atom stereocenters. The van der Waals surface area contributed by atoms with Crippen LogP contribution in [0, 0.1) is 0 Å². The van der Waals surface area contributed by atoms with E-state index in [4.69, 9.17) is 16.3 Å². The lowest BCUT2D eigenvalue weighted by atomic mass is 10.3. The second-order valence-corrected chi connectivity index (χ2v) is 3.31. The van der Waals surface area contributed by atoms with E-state index in [2.05, 4.69) is 20.5 Å². The number of ether oxygens (including phenoxy) is 1. The van der Waals surface area contributed by atoms with Gasteiger partial charge >= 0.3 is 0 Å². The van der Waals surface area contributed by atoms with E-state index in [1.54, 1.807) is 7.11 Å². The van der Waals surface area contributed by atoms with Gasteiger partial charge in [-0.25, -0.2) is 0 Å². The summed E-state index contributed by atoms with van der Waals surface area (Å²) >= 11 is 5.62. The Morgan fingerprint density at radius 2 is 2.25 bits per heavy atom. The molecule has 0 saturated heterocycles. The molecule has 2 aromatic rings. The van der Waals surface area contributed by atoms with Gasteiger partial charge in [0.2, 0.25) is 5.28 Å². The van der Waals surface area contributed by atoms with Gasteiger partial charge in [-0.2, -0.15) is 10.1 Å². The fourth-order valence-electron chi connectivity index (χ4n) is 1.19. The summed E-state index contributed by atoms with van der Waals surface area (Å²) in [4.78, 5) is 3.96. The molecule has 1 aromatic carbocycles. The zero-order valence-corrected chi connectivity index (χ0v) is 9.27. The van der Waals surface area contributed by atoms with Gasteiger partial charge in [0.25, 0.3) is 0 Å². The van der Waals surface area contributed by atoms with Gasteiger partial charge in [-0.3, -0.25) is 0 Å². The van der Waals surface area contributed by atoms with Crippen molar-refractivity contribution in [1.29, 1.82) is 0 Å². The van der Waals surface area contributed by atoms with Crippen LogP contribution >= 0.6 is 11.6 Å². The molecule has 0 aliphatic heterocycles. The number of nitrogens with zero attached hydrogens (tertiary/aromatic N) is 3. The van der Waals surface area contributed by atoms with Crippen LogP contribution < -0.4 is 10.1 Å². The molecular weight excluding hydrogens is 228 g/mol. The molecule has 0 aliphatic rings. The number of nitrogens with one attached hydrogen (secondary N) is 1. The first-order valence-electron chi connectivity index (χ1n) is 4.54. The first kappa shape index (κ1) is 10.6. The summed E-state index contributed by atoms with van der Waals surface area (Å²) in [6.07, 6.45) is 1.49. The van der Waals surface area contributed by atoms with Crippen molar-refractivity contribution in [3.8, 4) is 5.75 Å². The van der Waals surface area contributed by atoms with E-state index >= 15 is 0 Å². The second-order valence-electron chi connectivity index (χ2n) is 2.97. The van der Waals surface area contributed by atoms with Crippen LogP contribution in [0.5, 0.6) is 5.75 Å². The number of methoxy groups -OCH3 is 1. The summed E-state index contributed by atoms with van der Waals surface area (Å²) in [5, 5.41) is 10.4. The predicted molar refractivity (Wildman–Crippen MR) is 61.1 cm³/mol. The van der Waals surface area contributed by atoms with Crippen LogP contribution in [0.3, 0.4) is 0 Å². The molecule has 1 N–H and O–H groups in total. The number of hydrogen-bond acceptors (Lipinski definition) is 5. The number of aromatic nitrogens is 3. The molecule has 0 aliphatic carbocycles. The van der Waals surface area contributed by atoms with Crippen LogP contribution in [-0.4, -0.2) is 22.3 Å². The van der Waals surface area contributed by atoms with Crippen molar-refractivity contribution >= 4 is 23.1 Å². The monoisotopic (exact) mass is 236 g/mol. The summed E-state index contributed by atoms with van der Waals surface area (Å²) in [6.45, 7) is 0. The lowest BCUT2D eigenvalue weighted by Crippen LogP contribution is -1.96. The van der Waals surface area contributed by atoms with E-state index in [1.807, 2.05) is 24.3 Å². The smallest absolute Gasteiger partial charge is 0.244 e. The summed E-state index contributed by atoms with van der Waals surface area (Å²) < 4.78 is 5.10. The lowest BCUT2D eigenvalue weighted by molar-refractivity contribution is 0.415. The highest BCUT2D eigenvalue weighted by Crippen LogP contribution is 2.19. The van der Waals surface area contributed by atoms with Crippen molar-refractivity contribution in [3.63, 3.8) is 0 Å². The molecule has 0 saturated carbocycles. The number of rotatable bonds is 3. The maximum absolute atomic E-state index is 5.62. The number of hydrogen-bond donors (Lipinski definition) is 1. The van der Waals surface area contributed by atoms with Crippen LogP contribution in [0.15, 0.2) is 30.5 Å². The minimum Gasteiger partial charge on any atom is -0.497 e. The molecule has 0 bridgehead atoms. The van der Waals surface area contributed by atoms with Gasteiger partial charge in [0.1, 0.15) is 5.75 Å². The van der Waals surface area contributed by atoms with Crippen molar-refractivity contribution in [2.45, 2.75) is 0 Å². The average Bonchev–Trinajstić information content (AvgIpc) is 2.29. The van der Waals surface area contributed by atoms with Crippen molar-refractivity contribution in [1.82, 2.24) is 15.2 Å². The molecule has 1 heterocycles. The molecule has 6 heteroatoms. The Labute approximate surface area is 97.4 Å². The molecule has 0 atom stereocenters. The Hall–Kier alpha value is -1.88. The van der Waals surface area contributed by atoms with Gasteiger partial charge in [-0.1, -0.05) is 6.07 Å². The van der Waals surface area contributed by atoms with E-state index in [1.165, 1.54) is 6.20 Å². The molecule has 2 rings (SSSR count). The van der Waals surface area contributed by atoms with Crippen molar-refractivity contribution < 1.29 is 4.74 Å². The molecule has 0 amide bonds. The van der Waals surface area contributed by atoms with Crippen LogP contribution in [0.4, 0.5) is 11.5 Å². The highest BCUT2D eigenvalue weighted by molar-refractivity contribution is 6.28. The van der Waals surface area contributed by atoms with E-state index < -0.39 is 0 Å². The van der Waals surface area contributed by atoms with Crippen molar-refractivity contribution in [3.05, 3.63) is 35.7 Å².